The molecular weight excluding hydrogens is 631 g/mol. The maximum Gasteiger partial charge on any atom is 0.573 e. The van der Waals surface area contributed by atoms with Crippen LogP contribution in [0.4, 0.5) is 22.8 Å². The smallest absolute Gasteiger partial charge is 0.444 e. The summed E-state index contributed by atoms with van der Waals surface area (Å²) in [7, 11) is 0. The number of rotatable bonds is 6. The highest BCUT2D eigenvalue weighted by Gasteiger charge is 2.33. The monoisotopic (exact) mass is 671 g/mol. The molecule has 0 saturated carbocycles. The Bertz CT molecular complexity index is 1700. The number of ether oxygens (including phenoxy) is 3. The lowest BCUT2D eigenvalue weighted by atomic mass is 9.99. The molecule has 1 atom stereocenters. The molecule has 1 aliphatic rings. The van der Waals surface area contributed by atoms with Gasteiger partial charge in [0.1, 0.15) is 22.6 Å². The van der Waals surface area contributed by atoms with Crippen molar-refractivity contribution in [2.24, 2.45) is 4.99 Å². The number of benzene rings is 2. The molecule has 0 unspecified atom stereocenters. The number of alkyl carbamates (subject to hydrolysis) is 1. The van der Waals surface area contributed by atoms with Crippen LogP contribution in [0.5, 0.6) is 5.75 Å². The zero-order valence-electron chi connectivity index (χ0n) is 27.9. The lowest BCUT2D eigenvalue weighted by Gasteiger charge is -2.29. The van der Waals surface area contributed by atoms with Gasteiger partial charge in [0.25, 0.3) is 5.91 Å². The number of guanidine groups is 1. The highest BCUT2D eigenvalue weighted by atomic mass is 19.4. The number of amides is 3. The summed E-state index contributed by atoms with van der Waals surface area (Å²) in [4.78, 5) is 42.1. The van der Waals surface area contributed by atoms with Crippen molar-refractivity contribution in [1.29, 1.82) is 0 Å². The minimum Gasteiger partial charge on any atom is -0.444 e. The molecule has 1 aliphatic heterocycles. The van der Waals surface area contributed by atoms with E-state index in [0.29, 0.717) is 28.9 Å². The van der Waals surface area contributed by atoms with Gasteiger partial charge in [0, 0.05) is 18.7 Å². The second-order valence-electron chi connectivity index (χ2n) is 13.3. The lowest BCUT2D eigenvalue weighted by molar-refractivity contribution is -0.274. The maximum absolute atomic E-state index is 13.2. The first kappa shape index (κ1) is 35.8. The second kappa shape index (κ2) is 14.0. The van der Waals surface area contributed by atoms with E-state index in [1.54, 1.807) is 53.7 Å². The molecule has 0 fully saturated rings. The number of nitrogens with zero attached hydrogens (tertiary/aromatic N) is 2. The number of hydrogen-bond acceptors (Lipinski definition) is 6. The third-order valence-corrected chi connectivity index (χ3v) is 6.79. The molecule has 0 saturated heterocycles. The summed E-state index contributed by atoms with van der Waals surface area (Å²) in [6, 6.07) is 14.5. The summed E-state index contributed by atoms with van der Waals surface area (Å²) in [6.45, 7) is 12.4. The zero-order valence-corrected chi connectivity index (χ0v) is 27.9. The van der Waals surface area contributed by atoms with Gasteiger partial charge in [-0.25, -0.2) is 9.59 Å². The van der Waals surface area contributed by atoms with E-state index in [9.17, 15) is 27.6 Å². The van der Waals surface area contributed by atoms with E-state index in [4.69, 9.17) is 9.47 Å². The van der Waals surface area contributed by atoms with Crippen molar-refractivity contribution >= 4 is 24.1 Å². The van der Waals surface area contributed by atoms with Crippen molar-refractivity contribution in [3.63, 3.8) is 0 Å². The summed E-state index contributed by atoms with van der Waals surface area (Å²) < 4.78 is 55.8. The molecule has 0 bridgehead atoms. The van der Waals surface area contributed by atoms with E-state index in [2.05, 4.69) is 25.7 Å². The van der Waals surface area contributed by atoms with Gasteiger partial charge in [-0.15, -0.1) is 18.2 Å². The minimum atomic E-state index is -4.88. The molecule has 0 spiro atoms. The highest BCUT2D eigenvalue weighted by molar-refractivity contribution is 5.99. The third-order valence-electron chi connectivity index (χ3n) is 6.79. The van der Waals surface area contributed by atoms with Crippen molar-refractivity contribution in [1.82, 2.24) is 20.5 Å². The number of fused-ring (bicyclic) bond motifs is 1. The van der Waals surface area contributed by atoms with Gasteiger partial charge in [-0.1, -0.05) is 35.9 Å². The molecule has 0 aliphatic carbocycles. The number of aliphatic imine (C=N–C) groups is 1. The van der Waals surface area contributed by atoms with E-state index < -0.39 is 29.8 Å². The van der Waals surface area contributed by atoms with Gasteiger partial charge in [-0.2, -0.15) is 0 Å². The summed E-state index contributed by atoms with van der Waals surface area (Å²) in [5.74, 6) is -0.924. The normalized spacial score (nSPS) is 15.2. The number of aromatic nitrogens is 1. The molecule has 4 rings (SSSR count). The van der Waals surface area contributed by atoms with E-state index in [1.165, 1.54) is 18.2 Å². The first-order valence-corrected chi connectivity index (χ1v) is 15.3. The van der Waals surface area contributed by atoms with Gasteiger partial charge >= 0.3 is 18.5 Å². The third kappa shape index (κ3) is 9.99. The van der Waals surface area contributed by atoms with Crippen molar-refractivity contribution in [3.8, 4) is 28.1 Å². The molecule has 2 aromatic carbocycles. The molecular formula is C34H40F3N5O6. The fourth-order valence-corrected chi connectivity index (χ4v) is 5.12. The predicted octanol–water partition coefficient (Wildman–Crippen LogP) is 7.11. The van der Waals surface area contributed by atoms with Crippen LogP contribution in [0.2, 0.25) is 0 Å². The first-order chi connectivity index (χ1) is 22.3. The highest BCUT2D eigenvalue weighted by Crippen LogP contribution is 2.40. The number of alkyl halides is 3. The van der Waals surface area contributed by atoms with Crippen LogP contribution in [0.1, 0.15) is 70.1 Å². The Balaban J connectivity index is 1.69. The van der Waals surface area contributed by atoms with Gasteiger partial charge < -0.3 is 29.4 Å². The van der Waals surface area contributed by atoms with Crippen LogP contribution in [0.15, 0.2) is 59.6 Å². The van der Waals surface area contributed by atoms with Crippen LogP contribution in [-0.4, -0.2) is 59.3 Å². The number of nitrogens with one attached hydrogen (secondary N) is 3. The van der Waals surface area contributed by atoms with Gasteiger partial charge in [0.05, 0.1) is 11.7 Å². The average molecular weight is 672 g/mol. The van der Waals surface area contributed by atoms with Crippen LogP contribution in [0.25, 0.3) is 22.4 Å². The van der Waals surface area contributed by atoms with E-state index in [0.717, 1.165) is 11.1 Å². The Morgan fingerprint density at radius 2 is 1.62 bits per heavy atom. The van der Waals surface area contributed by atoms with Crippen LogP contribution in [-0.2, 0) is 9.47 Å². The molecule has 11 nitrogen and oxygen atoms in total. The SMILES string of the molecule is Cc1cccc(-c2c(-c3cccc(OC(F)(F)F)c3)cc3n2[C@@H](CCN/C(=N/C(=O)OC(C)(C)C)NC(=O)OC(C)(C)C)CNC3=O)c1. The molecule has 258 valence electrons. The second-order valence-corrected chi connectivity index (χ2v) is 13.3. The summed E-state index contributed by atoms with van der Waals surface area (Å²) in [5, 5.41) is 8.30. The molecule has 14 heteroatoms. The van der Waals surface area contributed by atoms with Crippen LogP contribution < -0.4 is 20.7 Å². The van der Waals surface area contributed by atoms with E-state index in [1.807, 2.05) is 35.8 Å². The average Bonchev–Trinajstić information content (AvgIpc) is 3.33. The van der Waals surface area contributed by atoms with E-state index in [-0.39, 0.29) is 36.7 Å². The Kier molecular flexibility index (Phi) is 10.5. The van der Waals surface area contributed by atoms with Crippen molar-refractivity contribution in [3.05, 3.63) is 65.9 Å². The fraction of sp³-hybridized carbons (Fsp3) is 0.412. The first-order valence-electron chi connectivity index (χ1n) is 15.3. The largest absolute Gasteiger partial charge is 0.573 e. The number of hydrogen-bond donors (Lipinski definition) is 3. The van der Waals surface area contributed by atoms with Crippen LogP contribution in [0.3, 0.4) is 0 Å². The van der Waals surface area contributed by atoms with E-state index >= 15 is 0 Å². The molecule has 1 aromatic heterocycles. The molecule has 3 amide bonds. The van der Waals surface area contributed by atoms with Gasteiger partial charge in [0.2, 0.25) is 5.96 Å². The predicted molar refractivity (Wildman–Crippen MR) is 174 cm³/mol. The molecule has 3 aromatic rings. The van der Waals surface area contributed by atoms with Gasteiger partial charge in [-0.05, 0) is 90.3 Å². The summed E-state index contributed by atoms with van der Waals surface area (Å²) in [5.41, 5.74) is 1.97. The Morgan fingerprint density at radius 3 is 2.27 bits per heavy atom. The lowest BCUT2D eigenvalue weighted by Crippen LogP contribution is -2.45. The summed E-state index contributed by atoms with van der Waals surface area (Å²) in [6.07, 6.45) is -6.28. The Labute approximate surface area is 276 Å². The van der Waals surface area contributed by atoms with Crippen molar-refractivity contribution in [2.75, 3.05) is 13.1 Å². The topological polar surface area (TPSA) is 132 Å². The Morgan fingerprint density at radius 1 is 0.958 bits per heavy atom. The number of aryl methyl sites for hydroxylation is 1. The molecule has 3 N–H and O–H groups in total. The maximum atomic E-state index is 13.2. The number of carbonyl (C=O) groups excluding carboxylic acids is 3. The van der Waals surface area contributed by atoms with Crippen molar-refractivity contribution < 1.29 is 41.8 Å². The van der Waals surface area contributed by atoms with Crippen LogP contribution >= 0.6 is 0 Å². The number of halogens is 3. The molecule has 0 radical (unpaired) electrons. The van der Waals surface area contributed by atoms with Gasteiger partial charge in [-0.3, -0.25) is 10.1 Å². The minimum absolute atomic E-state index is 0.174. The number of carbonyl (C=O) groups is 3. The molecule has 48 heavy (non-hydrogen) atoms. The van der Waals surface area contributed by atoms with Crippen LogP contribution in [0, 0.1) is 6.92 Å². The standard InChI is InChI=1S/C34H40F3N5O6/c1-20-10-8-12-22(16-20)27-25(21-11-9-13-24(17-21)46-34(35,36)37)18-26-28(43)39-19-23(42(26)27)14-15-38-29(40-30(44)47-32(2,3)4)41-31(45)48-33(5,6)7/h8-13,16-18,23H,14-15,19H2,1-7H3,(H,39,43)(H2,38,40,41,44,45)/t23-/m0/s1. The summed E-state index contributed by atoms with van der Waals surface area (Å²) >= 11 is 0. The Hall–Kier alpha value is -5.01. The zero-order chi connectivity index (χ0) is 35.4. The fourth-order valence-electron chi connectivity index (χ4n) is 5.12. The van der Waals surface area contributed by atoms with Crippen molar-refractivity contribution in [2.45, 2.75) is 78.5 Å². The van der Waals surface area contributed by atoms with Gasteiger partial charge in [0.15, 0.2) is 0 Å². The molecule has 2 heterocycles. The quantitative estimate of drug-likeness (QED) is 0.188.